The van der Waals surface area contributed by atoms with Crippen molar-refractivity contribution in [1.29, 1.82) is 0 Å². The lowest BCUT2D eigenvalue weighted by molar-refractivity contribution is -0.137. The fourth-order valence-corrected chi connectivity index (χ4v) is 7.37. The summed E-state index contributed by atoms with van der Waals surface area (Å²) < 4.78 is 86.2. The Morgan fingerprint density at radius 2 is 2.00 bits per heavy atom. The highest BCUT2D eigenvalue weighted by Gasteiger charge is 2.49. The maximum Gasteiger partial charge on any atom is 0.417 e. The van der Waals surface area contributed by atoms with E-state index in [2.05, 4.69) is 19.9 Å². The Labute approximate surface area is 271 Å². The van der Waals surface area contributed by atoms with Gasteiger partial charge in [-0.3, -0.25) is 4.90 Å². The highest BCUT2D eigenvalue weighted by Crippen LogP contribution is 2.47. The number of nitrogens with two attached hydrogens (primary N) is 1. The summed E-state index contributed by atoms with van der Waals surface area (Å²) in [5.74, 6) is -0.843. The first-order valence-corrected chi connectivity index (χ1v) is 15.7. The molecule has 9 nitrogen and oxygen atoms in total. The molecule has 4 aromatic rings. The molecular formula is C32H31ClF5N7O2. The van der Waals surface area contributed by atoms with Crippen LogP contribution in [0.4, 0.5) is 33.6 Å². The number of nitrogen functional groups attached to an aromatic ring is 1. The number of hydrogen-bond donors (Lipinski definition) is 1. The van der Waals surface area contributed by atoms with Gasteiger partial charge in [-0.15, -0.1) is 0 Å². The Kier molecular flexibility index (Phi) is 7.78. The first-order valence-electron chi connectivity index (χ1n) is 15.3. The van der Waals surface area contributed by atoms with E-state index in [-0.39, 0.29) is 65.6 Å². The molecule has 0 amide bonds. The van der Waals surface area contributed by atoms with Crippen LogP contribution < -0.4 is 20.1 Å². The van der Waals surface area contributed by atoms with Crippen molar-refractivity contribution in [3.8, 4) is 23.1 Å². The predicted octanol–water partition coefficient (Wildman–Crippen LogP) is 6.70. The van der Waals surface area contributed by atoms with Gasteiger partial charge in [0.05, 0.1) is 28.7 Å². The Balaban J connectivity index is 1.43. The maximum atomic E-state index is 16.8. The van der Waals surface area contributed by atoms with E-state index in [1.165, 1.54) is 13.0 Å². The maximum absolute atomic E-state index is 16.8. The third kappa shape index (κ3) is 5.35. The van der Waals surface area contributed by atoms with Crippen LogP contribution in [0.3, 0.4) is 0 Å². The molecule has 0 unspecified atom stereocenters. The zero-order chi connectivity index (χ0) is 33.2. The minimum absolute atomic E-state index is 0.0217. The van der Waals surface area contributed by atoms with Crippen LogP contribution in [-0.2, 0) is 6.18 Å². The van der Waals surface area contributed by atoms with Gasteiger partial charge in [-0.25, -0.2) is 18.7 Å². The van der Waals surface area contributed by atoms with E-state index < -0.39 is 46.6 Å². The number of ether oxygens (including phenoxy) is 2. The molecule has 0 spiro atoms. The van der Waals surface area contributed by atoms with Gasteiger partial charge < -0.3 is 20.1 Å². The van der Waals surface area contributed by atoms with Crippen LogP contribution in [0.25, 0.3) is 22.2 Å². The predicted molar refractivity (Wildman–Crippen MR) is 166 cm³/mol. The third-order valence-corrected chi connectivity index (χ3v) is 9.94. The molecule has 0 bridgehead atoms. The number of halogens is 6. The summed E-state index contributed by atoms with van der Waals surface area (Å²) in [6, 6.07) is 4.92. The molecule has 2 saturated heterocycles. The Morgan fingerprint density at radius 1 is 1.19 bits per heavy atom. The summed E-state index contributed by atoms with van der Waals surface area (Å²) in [7, 11) is 0. The largest absolute Gasteiger partial charge is 0.475 e. The topological polar surface area (TPSA) is 103 Å². The van der Waals surface area contributed by atoms with E-state index >= 15 is 4.39 Å². The van der Waals surface area contributed by atoms with Crippen molar-refractivity contribution in [2.75, 3.05) is 43.5 Å². The summed E-state index contributed by atoms with van der Waals surface area (Å²) in [6.07, 6.45) is -2.44. The molecule has 0 aliphatic carbocycles. The lowest BCUT2D eigenvalue weighted by atomic mass is 9.95. The van der Waals surface area contributed by atoms with Gasteiger partial charge in [0.2, 0.25) is 5.88 Å². The van der Waals surface area contributed by atoms with Crippen LogP contribution in [0.15, 0.2) is 30.5 Å². The summed E-state index contributed by atoms with van der Waals surface area (Å²) >= 11 is 6.43. The number of aromatic nitrogens is 4. The number of benzene rings is 1. The summed E-state index contributed by atoms with van der Waals surface area (Å²) in [5, 5.41) is -0.255. The number of rotatable bonds is 6. The highest BCUT2D eigenvalue weighted by molar-refractivity contribution is 6.34. The zero-order valence-electron chi connectivity index (χ0n) is 25.5. The third-order valence-electron chi connectivity index (χ3n) is 9.45. The quantitative estimate of drug-likeness (QED) is 0.224. The van der Waals surface area contributed by atoms with Gasteiger partial charge in [0.1, 0.15) is 47.6 Å². The minimum Gasteiger partial charge on any atom is -0.475 e. The average molecular weight is 676 g/mol. The number of hydrogen-bond acceptors (Lipinski definition) is 9. The average Bonchev–Trinajstić information content (AvgIpc) is 3.48. The molecule has 2 N–H and O–H groups in total. The first-order chi connectivity index (χ1) is 22.4. The van der Waals surface area contributed by atoms with Gasteiger partial charge in [0.15, 0.2) is 5.82 Å². The Morgan fingerprint density at radius 3 is 2.77 bits per heavy atom. The van der Waals surface area contributed by atoms with E-state index in [0.29, 0.717) is 24.1 Å². The van der Waals surface area contributed by atoms with Gasteiger partial charge in [-0.2, -0.15) is 23.1 Å². The summed E-state index contributed by atoms with van der Waals surface area (Å²) in [4.78, 5) is 21.5. The molecule has 3 aliphatic rings. The van der Waals surface area contributed by atoms with E-state index in [0.717, 1.165) is 19.0 Å². The number of pyridine rings is 2. The van der Waals surface area contributed by atoms with Crippen LogP contribution in [-0.4, -0.2) is 69.4 Å². The normalized spacial score (nSPS) is 21.9. The summed E-state index contributed by atoms with van der Waals surface area (Å²) in [6.45, 7) is 4.70. The van der Waals surface area contributed by atoms with Crippen LogP contribution in [0.1, 0.15) is 48.9 Å². The van der Waals surface area contributed by atoms with Gasteiger partial charge >= 0.3 is 12.2 Å². The molecule has 1 aromatic carbocycles. The van der Waals surface area contributed by atoms with Gasteiger partial charge in [0, 0.05) is 30.3 Å². The number of aryl methyl sites for hydroxylation is 1. The molecule has 3 atom stereocenters. The van der Waals surface area contributed by atoms with Gasteiger partial charge in [-0.1, -0.05) is 23.7 Å². The van der Waals surface area contributed by atoms with Crippen LogP contribution in [0.2, 0.25) is 5.02 Å². The minimum atomic E-state index is -4.87. The monoisotopic (exact) mass is 675 g/mol. The number of fused-ring (bicyclic) bond motifs is 1. The second kappa shape index (κ2) is 11.6. The number of anilines is 2. The van der Waals surface area contributed by atoms with Crippen molar-refractivity contribution in [3.63, 3.8) is 0 Å². The Hall–Kier alpha value is -4.04. The number of nitrogens with zero attached hydrogens (tertiary/aromatic N) is 6. The molecule has 248 valence electrons. The standard InChI is InChI=1S/C32H31ClF5N7O2/c1-16-6-7-20(32(36,37)38)21(23(16)33)25-24(35)26-22-28(43-30(42-26)47-15-31-8-4-10-44(31)14-18(34)13-31)45(11-12-46-29(22)41-25)17(2)19-5-3-9-40-27(19)39/h3,5-7,9,17-18H,4,8,10-15H2,1-2H3,(H2,39,40)/t17-,18-,31+/m1/s1. The molecule has 6 heterocycles. The smallest absolute Gasteiger partial charge is 0.417 e. The van der Waals surface area contributed by atoms with E-state index in [1.807, 2.05) is 11.8 Å². The SMILES string of the molecule is Cc1ccc(C(F)(F)F)c(-c2nc3c4c(nc(OC[C@@]56CCCN5C[C@H](F)C6)nc4c2F)N([C@H](C)c2cccnc2N)CCO3)c1Cl. The van der Waals surface area contributed by atoms with Crippen molar-refractivity contribution >= 4 is 34.1 Å². The summed E-state index contributed by atoms with van der Waals surface area (Å²) in [5.41, 5.74) is 3.81. The first kappa shape index (κ1) is 31.6. The van der Waals surface area contributed by atoms with Crippen LogP contribution in [0.5, 0.6) is 11.9 Å². The lowest BCUT2D eigenvalue weighted by Gasteiger charge is -2.32. The number of alkyl halides is 4. The molecule has 2 fully saturated rings. The molecule has 3 aromatic heterocycles. The van der Waals surface area contributed by atoms with Crippen molar-refractivity contribution in [2.24, 2.45) is 0 Å². The molecule has 7 rings (SSSR count). The fourth-order valence-electron chi connectivity index (χ4n) is 7.12. The van der Waals surface area contributed by atoms with Crippen molar-refractivity contribution < 1.29 is 31.4 Å². The van der Waals surface area contributed by atoms with Crippen molar-refractivity contribution in [1.82, 2.24) is 24.8 Å². The fraction of sp³-hybridized carbons (Fsp3) is 0.438. The molecule has 0 saturated carbocycles. The molecular weight excluding hydrogens is 645 g/mol. The van der Waals surface area contributed by atoms with Gasteiger partial charge in [0.25, 0.3) is 0 Å². The molecule has 0 radical (unpaired) electrons. The second-order valence-electron chi connectivity index (χ2n) is 12.3. The van der Waals surface area contributed by atoms with E-state index in [1.54, 1.807) is 18.3 Å². The van der Waals surface area contributed by atoms with Crippen LogP contribution in [0, 0.1) is 12.7 Å². The molecule has 3 aliphatic heterocycles. The van der Waals surface area contributed by atoms with Crippen molar-refractivity contribution in [2.45, 2.75) is 57.0 Å². The lowest BCUT2D eigenvalue weighted by Crippen LogP contribution is -2.43. The van der Waals surface area contributed by atoms with E-state index in [9.17, 15) is 17.6 Å². The molecule has 47 heavy (non-hydrogen) atoms. The Bertz CT molecular complexity index is 1880. The van der Waals surface area contributed by atoms with Gasteiger partial charge in [-0.05, 0) is 50.9 Å². The zero-order valence-corrected chi connectivity index (χ0v) is 26.3. The van der Waals surface area contributed by atoms with Crippen molar-refractivity contribution in [3.05, 3.63) is 58.0 Å². The molecule has 15 heteroatoms. The highest BCUT2D eigenvalue weighted by atomic mass is 35.5. The second-order valence-corrected chi connectivity index (χ2v) is 12.7. The van der Waals surface area contributed by atoms with E-state index in [4.69, 9.17) is 31.8 Å². The van der Waals surface area contributed by atoms with Crippen LogP contribution >= 0.6 is 11.6 Å².